The lowest BCUT2D eigenvalue weighted by atomic mass is 9.94. The van der Waals surface area contributed by atoms with E-state index in [1.165, 1.54) is 0 Å². The standard InChI is InChI=1S/C15H26N2O3/c1-11(2)14(19)16-8-5-12(6-9-16)15(20)17-7-3-4-13(17)10-18/h11-13,18H,3-10H2,1-2H3/t13-/m0/s1. The zero-order valence-corrected chi connectivity index (χ0v) is 12.5. The Morgan fingerprint density at radius 3 is 2.35 bits per heavy atom. The molecule has 2 aliphatic rings. The molecule has 0 aliphatic carbocycles. The second kappa shape index (κ2) is 6.57. The Kier molecular flexibility index (Phi) is 5.02. The average Bonchev–Trinajstić information content (AvgIpc) is 2.94. The Morgan fingerprint density at radius 1 is 1.15 bits per heavy atom. The number of likely N-dealkylation sites (tertiary alicyclic amines) is 2. The van der Waals surface area contributed by atoms with Gasteiger partial charge in [0.15, 0.2) is 0 Å². The Balaban J connectivity index is 1.87. The summed E-state index contributed by atoms with van der Waals surface area (Å²) in [6.07, 6.45) is 3.41. The minimum absolute atomic E-state index is 0.0119. The van der Waals surface area contributed by atoms with E-state index in [4.69, 9.17) is 0 Å². The lowest BCUT2D eigenvalue weighted by molar-refractivity contribution is -0.143. The van der Waals surface area contributed by atoms with E-state index in [2.05, 4.69) is 0 Å². The Labute approximate surface area is 120 Å². The van der Waals surface area contributed by atoms with Crippen molar-refractivity contribution in [3.05, 3.63) is 0 Å². The van der Waals surface area contributed by atoms with Gasteiger partial charge in [0.2, 0.25) is 11.8 Å². The number of hydrogen-bond acceptors (Lipinski definition) is 3. The fourth-order valence-electron chi connectivity index (χ4n) is 3.26. The minimum atomic E-state index is 0.0119. The van der Waals surface area contributed by atoms with Gasteiger partial charge >= 0.3 is 0 Å². The Bertz CT molecular complexity index is 362. The molecule has 1 atom stereocenters. The number of piperidine rings is 1. The number of carbonyl (C=O) groups excluding carboxylic acids is 2. The summed E-state index contributed by atoms with van der Waals surface area (Å²) in [5.74, 6) is 0.418. The second-order valence-corrected chi connectivity index (χ2v) is 6.26. The molecule has 0 saturated carbocycles. The molecule has 0 aromatic carbocycles. The van der Waals surface area contributed by atoms with Crippen molar-refractivity contribution in [2.24, 2.45) is 11.8 Å². The highest BCUT2D eigenvalue weighted by molar-refractivity contribution is 5.81. The molecule has 2 rings (SSSR count). The molecule has 2 aliphatic heterocycles. The minimum Gasteiger partial charge on any atom is -0.394 e. The molecule has 0 radical (unpaired) electrons. The second-order valence-electron chi connectivity index (χ2n) is 6.26. The van der Waals surface area contributed by atoms with Crippen LogP contribution < -0.4 is 0 Å². The third-order valence-electron chi connectivity index (χ3n) is 4.52. The van der Waals surface area contributed by atoms with Crippen molar-refractivity contribution >= 4 is 11.8 Å². The summed E-state index contributed by atoms with van der Waals surface area (Å²) in [7, 11) is 0. The van der Waals surface area contributed by atoms with Crippen LogP contribution in [0, 0.1) is 11.8 Å². The molecular weight excluding hydrogens is 256 g/mol. The number of aliphatic hydroxyl groups is 1. The van der Waals surface area contributed by atoms with Gasteiger partial charge in [0.25, 0.3) is 0 Å². The van der Waals surface area contributed by atoms with Crippen LogP contribution in [0.5, 0.6) is 0 Å². The first-order valence-corrected chi connectivity index (χ1v) is 7.74. The van der Waals surface area contributed by atoms with Gasteiger partial charge < -0.3 is 14.9 Å². The molecule has 2 heterocycles. The average molecular weight is 282 g/mol. The lowest BCUT2D eigenvalue weighted by Crippen LogP contribution is -2.47. The topological polar surface area (TPSA) is 60.9 Å². The van der Waals surface area contributed by atoms with Crippen molar-refractivity contribution in [1.82, 2.24) is 9.80 Å². The largest absolute Gasteiger partial charge is 0.394 e. The van der Waals surface area contributed by atoms with Crippen molar-refractivity contribution in [3.63, 3.8) is 0 Å². The summed E-state index contributed by atoms with van der Waals surface area (Å²) in [6.45, 7) is 6.03. The van der Waals surface area contributed by atoms with Crippen LogP contribution in [-0.4, -0.2) is 59.0 Å². The zero-order valence-electron chi connectivity index (χ0n) is 12.5. The summed E-state index contributed by atoms with van der Waals surface area (Å²) >= 11 is 0. The van der Waals surface area contributed by atoms with Gasteiger partial charge in [-0.05, 0) is 25.7 Å². The SMILES string of the molecule is CC(C)C(=O)N1CCC(C(=O)N2CCC[C@H]2CO)CC1. The van der Waals surface area contributed by atoms with Crippen LogP contribution in [0.3, 0.4) is 0 Å². The first kappa shape index (κ1) is 15.3. The van der Waals surface area contributed by atoms with Crippen molar-refractivity contribution in [1.29, 1.82) is 0 Å². The lowest BCUT2D eigenvalue weighted by Gasteiger charge is -2.35. The summed E-state index contributed by atoms with van der Waals surface area (Å²) in [6, 6.07) is 0.0119. The molecule has 114 valence electrons. The van der Waals surface area contributed by atoms with Gasteiger partial charge in [0.05, 0.1) is 12.6 Å². The van der Waals surface area contributed by atoms with Gasteiger partial charge in [-0.1, -0.05) is 13.8 Å². The fraction of sp³-hybridized carbons (Fsp3) is 0.867. The van der Waals surface area contributed by atoms with Crippen LogP contribution in [0.15, 0.2) is 0 Å². The van der Waals surface area contributed by atoms with Crippen molar-refractivity contribution in [3.8, 4) is 0 Å². The first-order chi connectivity index (χ1) is 9.54. The van der Waals surface area contributed by atoms with E-state index < -0.39 is 0 Å². The Morgan fingerprint density at radius 2 is 1.80 bits per heavy atom. The monoisotopic (exact) mass is 282 g/mol. The normalized spacial score (nSPS) is 24.5. The molecule has 20 heavy (non-hydrogen) atoms. The highest BCUT2D eigenvalue weighted by Gasteiger charge is 2.35. The number of carbonyl (C=O) groups is 2. The molecule has 2 fully saturated rings. The van der Waals surface area contributed by atoms with Gasteiger partial charge in [0.1, 0.15) is 0 Å². The molecule has 0 spiro atoms. The maximum Gasteiger partial charge on any atom is 0.226 e. The summed E-state index contributed by atoms with van der Waals surface area (Å²) in [5.41, 5.74) is 0. The molecule has 5 nitrogen and oxygen atoms in total. The molecule has 0 aromatic heterocycles. The van der Waals surface area contributed by atoms with Crippen LogP contribution in [0.4, 0.5) is 0 Å². The van der Waals surface area contributed by atoms with E-state index >= 15 is 0 Å². The van der Waals surface area contributed by atoms with Crippen molar-refractivity contribution in [2.75, 3.05) is 26.2 Å². The predicted molar refractivity (Wildman–Crippen MR) is 76.0 cm³/mol. The van der Waals surface area contributed by atoms with E-state index in [1.807, 2.05) is 23.6 Å². The number of rotatable bonds is 3. The zero-order chi connectivity index (χ0) is 14.7. The number of nitrogens with zero attached hydrogens (tertiary/aromatic N) is 2. The fourth-order valence-corrected chi connectivity index (χ4v) is 3.26. The van der Waals surface area contributed by atoms with Gasteiger partial charge in [-0.2, -0.15) is 0 Å². The van der Waals surface area contributed by atoms with E-state index in [-0.39, 0.29) is 36.3 Å². The molecule has 0 unspecified atom stereocenters. The van der Waals surface area contributed by atoms with Crippen LogP contribution in [0.2, 0.25) is 0 Å². The van der Waals surface area contributed by atoms with Crippen LogP contribution in [0.25, 0.3) is 0 Å². The smallest absolute Gasteiger partial charge is 0.226 e. The highest BCUT2D eigenvalue weighted by Crippen LogP contribution is 2.25. The van der Waals surface area contributed by atoms with Crippen LogP contribution >= 0.6 is 0 Å². The van der Waals surface area contributed by atoms with Gasteiger partial charge in [-0.15, -0.1) is 0 Å². The van der Waals surface area contributed by atoms with Gasteiger partial charge in [-0.25, -0.2) is 0 Å². The number of aliphatic hydroxyl groups excluding tert-OH is 1. The molecule has 0 aromatic rings. The Hall–Kier alpha value is -1.10. The highest BCUT2D eigenvalue weighted by atomic mass is 16.3. The van der Waals surface area contributed by atoms with E-state index in [1.54, 1.807) is 0 Å². The van der Waals surface area contributed by atoms with E-state index in [9.17, 15) is 14.7 Å². The summed E-state index contributed by atoms with van der Waals surface area (Å²) in [4.78, 5) is 28.1. The number of hydrogen-bond donors (Lipinski definition) is 1. The third kappa shape index (κ3) is 3.14. The first-order valence-electron chi connectivity index (χ1n) is 7.74. The number of amides is 2. The maximum atomic E-state index is 12.5. The van der Waals surface area contributed by atoms with E-state index in [0.29, 0.717) is 13.1 Å². The predicted octanol–water partition coefficient (Wildman–Crippen LogP) is 0.864. The van der Waals surface area contributed by atoms with Crippen molar-refractivity contribution in [2.45, 2.75) is 45.6 Å². The molecule has 2 amide bonds. The molecule has 1 N–H and O–H groups in total. The van der Waals surface area contributed by atoms with Gasteiger partial charge in [-0.3, -0.25) is 9.59 Å². The quantitative estimate of drug-likeness (QED) is 0.835. The molecule has 2 saturated heterocycles. The molecule has 5 heteroatoms. The summed E-state index contributed by atoms with van der Waals surface area (Å²) in [5, 5.41) is 9.31. The summed E-state index contributed by atoms with van der Waals surface area (Å²) < 4.78 is 0. The van der Waals surface area contributed by atoms with Gasteiger partial charge in [0, 0.05) is 31.5 Å². The van der Waals surface area contributed by atoms with E-state index in [0.717, 1.165) is 32.2 Å². The molecular formula is C15H26N2O3. The van der Waals surface area contributed by atoms with Crippen molar-refractivity contribution < 1.29 is 14.7 Å². The van der Waals surface area contributed by atoms with Crippen LogP contribution in [-0.2, 0) is 9.59 Å². The third-order valence-corrected chi connectivity index (χ3v) is 4.52. The maximum absolute atomic E-state index is 12.5. The molecule has 0 bridgehead atoms. The van der Waals surface area contributed by atoms with Crippen LogP contribution in [0.1, 0.15) is 39.5 Å².